The topological polar surface area (TPSA) is 116 Å². The number of phenols is 1. The van der Waals surface area contributed by atoms with E-state index in [1.807, 2.05) is 25.3 Å². The molecule has 210 valence electrons. The van der Waals surface area contributed by atoms with Gasteiger partial charge >= 0.3 is 0 Å². The maximum absolute atomic E-state index is 10.7. The average Bonchev–Trinajstić information content (AvgIpc) is 3.58. The minimum absolute atomic E-state index is 0.0234. The number of nitrogens with zero attached hydrogens (tertiary/aromatic N) is 1. The van der Waals surface area contributed by atoms with Gasteiger partial charge in [0, 0.05) is 25.2 Å². The van der Waals surface area contributed by atoms with Crippen LogP contribution in [-0.4, -0.2) is 72.6 Å². The van der Waals surface area contributed by atoms with Crippen molar-refractivity contribution in [2.24, 2.45) is 10.9 Å². The molecule has 0 spiro atoms. The molecule has 3 rings (SSSR count). The van der Waals surface area contributed by atoms with Crippen LogP contribution in [0.1, 0.15) is 52.0 Å². The van der Waals surface area contributed by atoms with Crippen molar-refractivity contribution in [3.63, 3.8) is 0 Å². The van der Waals surface area contributed by atoms with Crippen LogP contribution in [0.2, 0.25) is 0 Å². The smallest absolute Gasteiger partial charge is 0.181 e. The largest absolute Gasteiger partial charge is 0.592 e. The molecule has 0 aromatic heterocycles. The number of aliphatic hydroxyl groups is 2. The Labute approximate surface area is 227 Å². The second-order valence-corrected chi connectivity index (χ2v) is 10.3. The Balaban J connectivity index is 1.50. The lowest BCUT2D eigenvalue weighted by Crippen LogP contribution is -2.45. The molecule has 0 radical (unpaired) electrons. The monoisotopic (exact) mass is 527 g/mol. The summed E-state index contributed by atoms with van der Waals surface area (Å²) in [6.45, 7) is 7.24. The molecule has 5 atom stereocenters. The molecular formula is C30H45N3O5. The number of allylic oxidation sites excluding steroid dienone is 1. The SMILES string of the molecule is CCCCC1[CH-]C=C(CCc2ccc(O)c(OC[C@H](O)[C+]3C=C([C@H](C)[C@H](CNC)NC[C@H](C)O)C=N3)c2)O1. The van der Waals surface area contributed by atoms with Gasteiger partial charge in [0.15, 0.2) is 29.9 Å². The molecule has 1 aromatic rings. The number of hydrogen-bond acceptors (Lipinski definition) is 8. The molecule has 1 aromatic carbocycles. The van der Waals surface area contributed by atoms with E-state index < -0.39 is 12.2 Å². The number of aryl methyl sites for hydroxylation is 1. The van der Waals surface area contributed by atoms with Gasteiger partial charge in [-0.15, -0.1) is 4.99 Å². The zero-order valence-corrected chi connectivity index (χ0v) is 23.2. The highest BCUT2D eigenvalue weighted by Crippen LogP contribution is 2.31. The summed E-state index contributed by atoms with van der Waals surface area (Å²) in [4.78, 5) is 4.41. The number of benzene rings is 1. The molecule has 0 aliphatic carbocycles. The van der Waals surface area contributed by atoms with Crippen LogP contribution in [-0.2, 0) is 11.2 Å². The molecule has 8 nitrogen and oxygen atoms in total. The summed E-state index contributed by atoms with van der Waals surface area (Å²) in [6.07, 6.45) is 11.6. The normalized spacial score (nSPS) is 19.8. The van der Waals surface area contributed by atoms with Gasteiger partial charge in [-0.3, -0.25) is 0 Å². The van der Waals surface area contributed by atoms with E-state index in [4.69, 9.17) is 9.47 Å². The molecule has 0 saturated heterocycles. The highest BCUT2D eigenvalue weighted by Gasteiger charge is 2.34. The van der Waals surface area contributed by atoms with Gasteiger partial charge in [-0.25, -0.2) is 0 Å². The number of aliphatic imine (C=N–C) groups is 1. The summed E-state index contributed by atoms with van der Waals surface area (Å²) in [5.41, 5.74) is 2.02. The number of likely N-dealkylation sites (N-methyl/N-ethyl adjacent to an activating group) is 1. The fraction of sp³-hybridized carbons (Fsp3) is 0.567. The van der Waals surface area contributed by atoms with E-state index in [0.717, 1.165) is 55.5 Å². The zero-order valence-electron chi connectivity index (χ0n) is 23.2. The van der Waals surface area contributed by atoms with Crippen LogP contribution < -0.4 is 15.4 Å². The van der Waals surface area contributed by atoms with Gasteiger partial charge in [0.1, 0.15) is 12.2 Å². The number of phenolic OH excluding ortho intramolecular Hbond substituents is 1. The molecule has 2 aliphatic heterocycles. The van der Waals surface area contributed by atoms with Crippen molar-refractivity contribution in [1.29, 1.82) is 0 Å². The van der Waals surface area contributed by atoms with Crippen LogP contribution in [0.15, 0.2) is 46.7 Å². The third kappa shape index (κ3) is 8.98. The van der Waals surface area contributed by atoms with Crippen LogP contribution in [0.4, 0.5) is 0 Å². The Morgan fingerprint density at radius 2 is 2.03 bits per heavy atom. The molecule has 8 heteroatoms. The van der Waals surface area contributed by atoms with E-state index in [-0.39, 0.29) is 30.4 Å². The lowest BCUT2D eigenvalue weighted by atomic mass is 9.92. The van der Waals surface area contributed by atoms with Crippen molar-refractivity contribution >= 4 is 6.21 Å². The minimum atomic E-state index is -0.931. The Hall–Kier alpha value is -2.65. The first-order valence-corrected chi connectivity index (χ1v) is 13.8. The summed E-state index contributed by atoms with van der Waals surface area (Å²) < 4.78 is 11.8. The highest BCUT2D eigenvalue weighted by molar-refractivity contribution is 5.84. The summed E-state index contributed by atoms with van der Waals surface area (Å²) in [5, 5.41) is 37.2. The molecule has 2 heterocycles. The molecular weight excluding hydrogens is 482 g/mol. The van der Waals surface area contributed by atoms with Crippen molar-refractivity contribution in [3.8, 4) is 11.5 Å². The molecule has 0 saturated carbocycles. The number of aromatic hydroxyl groups is 1. The molecule has 0 bridgehead atoms. The summed E-state index contributed by atoms with van der Waals surface area (Å²) in [7, 11) is 1.90. The van der Waals surface area contributed by atoms with Gasteiger partial charge in [0.25, 0.3) is 0 Å². The predicted octanol–water partition coefficient (Wildman–Crippen LogP) is 3.48. The quantitative estimate of drug-likeness (QED) is 0.197. The fourth-order valence-electron chi connectivity index (χ4n) is 4.57. The van der Waals surface area contributed by atoms with Crippen molar-refractivity contribution in [2.75, 3.05) is 26.7 Å². The van der Waals surface area contributed by atoms with Crippen molar-refractivity contribution in [1.82, 2.24) is 10.6 Å². The number of ether oxygens (including phenoxy) is 2. The predicted molar refractivity (Wildman–Crippen MR) is 151 cm³/mol. The molecule has 2 aliphatic rings. The van der Waals surface area contributed by atoms with Crippen molar-refractivity contribution in [3.05, 3.63) is 59.7 Å². The minimum Gasteiger partial charge on any atom is -0.592 e. The van der Waals surface area contributed by atoms with Crippen LogP contribution >= 0.6 is 0 Å². The Kier molecular flexibility index (Phi) is 11.9. The highest BCUT2D eigenvalue weighted by atomic mass is 16.5. The van der Waals surface area contributed by atoms with Gasteiger partial charge in [-0.05, 0) is 51.4 Å². The van der Waals surface area contributed by atoms with Crippen LogP contribution in [0.25, 0.3) is 0 Å². The van der Waals surface area contributed by atoms with E-state index in [9.17, 15) is 15.3 Å². The van der Waals surface area contributed by atoms with Gasteiger partial charge in [-0.2, -0.15) is 12.5 Å². The van der Waals surface area contributed by atoms with Gasteiger partial charge in [0.05, 0.1) is 18.1 Å². The van der Waals surface area contributed by atoms with Crippen LogP contribution in [0.5, 0.6) is 11.5 Å². The van der Waals surface area contributed by atoms with E-state index in [2.05, 4.69) is 42.0 Å². The van der Waals surface area contributed by atoms with Crippen LogP contribution in [0, 0.1) is 18.4 Å². The molecule has 0 fully saturated rings. The maximum Gasteiger partial charge on any atom is 0.181 e. The van der Waals surface area contributed by atoms with Crippen molar-refractivity contribution in [2.45, 2.75) is 77.2 Å². The zero-order chi connectivity index (χ0) is 27.5. The fourth-order valence-corrected chi connectivity index (χ4v) is 4.57. The Morgan fingerprint density at radius 1 is 1.21 bits per heavy atom. The molecule has 38 heavy (non-hydrogen) atoms. The third-order valence-corrected chi connectivity index (χ3v) is 6.97. The summed E-state index contributed by atoms with van der Waals surface area (Å²) in [5.74, 6) is 1.48. The standard InChI is InChI=1S/C30H45N3O5/c1-5-6-7-24-11-12-25(38-24)10-8-22-9-13-28(35)30(14-22)37-19-29(36)26-15-23(17-33-26)21(3)27(18-31-4)32-16-20(2)34/h9,11-15,17,20-21,24,27,29,31-32,34-36H,5-8,10,16,18-19H2,1-4H3/t20-,21-,24?,27-,29-/m0/s1. The average molecular weight is 528 g/mol. The van der Waals surface area contributed by atoms with E-state index in [1.54, 1.807) is 19.2 Å². The van der Waals surface area contributed by atoms with Gasteiger partial charge in [0.2, 0.25) is 0 Å². The molecule has 5 N–H and O–H groups in total. The van der Waals surface area contributed by atoms with E-state index in [1.165, 1.54) is 0 Å². The van der Waals surface area contributed by atoms with E-state index >= 15 is 0 Å². The first-order chi connectivity index (χ1) is 18.3. The third-order valence-electron chi connectivity index (χ3n) is 6.97. The second-order valence-electron chi connectivity index (χ2n) is 10.3. The second kappa shape index (κ2) is 15.1. The first-order valence-electron chi connectivity index (χ1n) is 13.8. The Bertz CT molecular complexity index is 961. The number of hydrogen-bond donors (Lipinski definition) is 5. The number of rotatable bonds is 17. The van der Waals surface area contributed by atoms with Crippen LogP contribution in [0.3, 0.4) is 0 Å². The molecule has 1 unspecified atom stereocenters. The van der Waals surface area contributed by atoms with Gasteiger partial charge < -0.3 is 35.4 Å². The lowest BCUT2D eigenvalue weighted by molar-refractivity contribution is 0.120. The first kappa shape index (κ1) is 29.9. The van der Waals surface area contributed by atoms with Gasteiger partial charge in [-0.1, -0.05) is 38.0 Å². The summed E-state index contributed by atoms with van der Waals surface area (Å²) >= 11 is 0. The molecule has 0 amide bonds. The van der Waals surface area contributed by atoms with E-state index in [0.29, 0.717) is 18.3 Å². The summed E-state index contributed by atoms with van der Waals surface area (Å²) in [6, 6.07) is 5.95. The lowest BCUT2D eigenvalue weighted by Gasteiger charge is -2.23. The number of nitrogens with one attached hydrogen (secondary N) is 2. The maximum atomic E-state index is 10.7. The van der Waals surface area contributed by atoms with Crippen molar-refractivity contribution < 1.29 is 24.8 Å². The number of aliphatic hydroxyl groups excluding tert-OH is 2. The number of unbranched alkanes of at least 4 members (excludes halogenated alkanes) is 1. The Morgan fingerprint density at radius 3 is 2.76 bits per heavy atom.